The summed E-state index contributed by atoms with van der Waals surface area (Å²) in [5.74, 6) is 0. The molecule has 1 aromatic heterocycles. The Labute approximate surface area is 77.9 Å². The van der Waals surface area contributed by atoms with E-state index in [1.54, 1.807) is 6.20 Å². The summed E-state index contributed by atoms with van der Waals surface area (Å²) in [6, 6.07) is 1.87. The Bertz CT molecular complexity index is 239. The van der Waals surface area contributed by atoms with Gasteiger partial charge in [0.15, 0.2) is 0 Å². The minimum atomic E-state index is 0.514. The smallest absolute Gasteiger partial charge is 0.142 e. The summed E-state index contributed by atoms with van der Waals surface area (Å²) >= 11 is 7.85. The van der Waals surface area contributed by atoms with E-state index in [1.165, 1.54) is 0 Å². The molecule has 0 saturated heterocycles. The molecule has 0 unspecified atom stereocenters. The van der Waals surface area contributed by atoms with Gasteiger partial charge in [0.2, 0.25) is 0 Å². The first-order valence-electron chi connectivity index (χ1n) is 2.74. The molecular formula is C6H6ClIN2. The molecule has 0 radical (unpaired) electrons. The first-order chi connectivity index (χ1) is 4.75. The van der Waals surface area contributed by atoms with Crippen LogP contribution in [-0.2, 0) is 6.54 Å². The zero-order valence-corrected chi connectivity index (χ0v) is 8.06. The number of nitrogens with zero attached hydrogens (tertiary/aromatic N) is 1. The summed E-state index contributed by atoms with van der Waals surface area (Å²) in [6.45, 7) is 0.514. The van der Waals surface area contributed by atoms with E-state index in [0.29, 0.717) is 11.7 Å². The molecule has 1 heterocycles. The Kier molecular flexibility index (Phi) is 2.88. The van der Waals surface area contributed by atoms with Crippen LogP contribution >= 0.6 is 34.2 Å². The highest BCUT2D eigenvalue weighted by atomic mass is 127. The van der Waals surface area contributed by atoms with Gasteiger partial charge < -0.3 is 5.73 Å². The maximum Gasteiger partial charge on any atom is 0.142 e. The van der Waals surface area contributed by atoms with Crippen molar-refractivity contribution in [1.29, 1.82) is 0 Å². The van der Waals surface area contributed by atoms with Crippen LogP contribution < -0.4 is 5.73 Å². The van der Waals surface area contributed by atoms with E-state index < -0.39 is 0 Å². The number of pyridine rings is 1. The second kappa shape index (κ2) is 3.50. The summed E-state index contributed by atoms with van der Waals surface area (Å²) in [4.78, 5) is 3.89. The minimum absolute atomic E-state index is 0.514. The lowest BCUT2D eigenvalue weighted by atomic mass is 10.3. The van der Waals surface area contributed by atoms with Crippen molar-refractivity contribution in [3.8, 4) is 0 Å². The predicted octanol–water partition coefficient (Wildman–Crippen LogP) is 1.80. The van der Waals surface area contributed by atoms with Crippen molar-refractivity contribution >= 4 is 34.2 Å². The maximum atomic E-state index is 5.72. The van der Waals surface area contributed by atoms with E-state index in [0.717, 1.165) is 9.13 Å². The van der Waals surface area contributed by atoms with Gasteiger partial charge >= 0.3 is 0 Å². The van der Waals surface area contributed by atoms with Crippen molar-refractivity contribution in [2.24, 2.45) is 5.73 Å². The molecule has 0 aromatic carbocycles. The van der Waals surface area contributed by atoms with Crippen LogP contribution in [0.3, 0.4) is 0 Å². The van der Waals surface area contributed by atoms with Crippen molar-refractivity contribution in [1.82, 2.24) is 4.98 Å². The molecule has 2 N–H and O–H groups in total. The quantitative estimate of drug-likeness (QED) is 0.623. The van der Waals surface area contributed by atoms with E-state index in [4.69, 9.17) is 17.3 Å². The lowest BCUT2D eigenvalue weighted by molar-refractivity contribution is 1.05. The van der Waals surface area contributed by atoms with Gasteiger partial charge in [-0.1, -0.05) is 11.6 Å². The highest BCUT2D eigenvalue weighted by molar-refractivity contribution is 14.1. The van der Waals surface area contributed by atoms with Crippen LogP contribution in [0.4, 0.5) is 0 Å². The van der Waals surface area contributed by atoms with Gasteiger partial charge in [0.05, 0.1) is 3.57 Å². The molecule has 4 heteroatoms. The van der Waals surface area contributed by atoms with Crippen LogP contribution in [0.2, 0.25) is 5.15 Å². The molecular weight excluding hydrogens is 262 g/mol. The summed E-state index contributed by atoms with van der Waals surface area (Å²) in [5.41, 5.74) is 6.47. The van der Waals surface area contributed by atoms with Gasteiger partial charge in [0.1, 0.15) is 5.15 Å². The van der Waals surface area contributed by atoms with E-state index in [2.05, 4.69) is 27.6 Å². The fraction of sp³-hybridized carbons (Fsp3) is 0.167. The van der Waals surface area contributed by atoms with E-state index in [1.807, 2.05) is 6.07 Å². The molecule has 0 amide bonds. The third-order valence-electron chi connectivity index (χ3n) is 1.15. The number of aromatic nitrogens is 1. The number of nitrogens with two attached hydrogens (primary N) is 1. The molecule has 0 fully saturated rings. The SMILES string of the molecule is NCc1ccnc(Cl)c1I. The normalized spacial score (nSPS) is 9.90. The predicted molar refractivity (Wildman–Crippen MR) is 49.9 cm³/mol. The molecule has 0 aliphatic heterocycles. The molecule has 0 aliphatic carbocycles. The maximum absolute atomic E-state index is 5.72. The molecule has 0 bridgehead atoms. The first-order valence-corrected chi connectivity index (χ1v) is 4.20. The number of rotatable bonds is 1. The van der Waals surface area contributed by atoms with Crippen LogP contribution in [0, 0.1) is 3.57 Å². The van der Waals surface area contributed by atoms with Crippen molar-refractivity contribution in [2.75, 3.05) is 0 Å². The molecule has 0 saturated carbocycles. The summed E-state index contributed by atoms with van der Waals surface area (Å²) < 4.78 is 0.948. The van der Waals surface area contributed by atoms with Gasteiger partial charge in [0.25, 0.3) is 0 Å². The second-order valence-corrected chi connectivity index (χ2v) is 3.22. The monoisotopic (exact) mass is 268 g/mol. The van der Waals surface area contributed by atoms with E-state index in [9.17, 15) is 0 Å². The van der Waals surface area contributed by atoms with Crippen LogP contribution in [0.15, 0.2) is 12.3 Å². The zero-order chi connectivity index (χ0) is 7.56. The van der Waals surface area contributed by atoms with Crippen LogP contribution in [0.5, 0.6) is 0 Å². The van der Waals surface area contributed by atoms with E-state index >= 15 is 0 Å². The average Bonchev–Trinajstić information content (AvgIpc) is 1.95. The number of hydrogen-bond acceptors (Lipinski definition) is 2. The summed E-state index contributed by atoms with van der Waals surface area (Å²) in [5, 5.41) is 0.531. The van der Waals surface area contributed by atoms with Gasteiger partial charge in [-0.2, -0.15) is 0 Å². The Morgan fingerprint density at radius 1 is 1.70 bits per heavy atom. The molecule has 10 heavy (non-hydrogen) atoms. The molecule has 1 aromatic rings. The summed E-state index contributed by atoms with van der Waals surface area (Å²) in [7, 11) is 0. The lowest BCUT2D eigenvalue weighted by Crippen LogP contribution is -1.99. The molecule has 2 nitrogen and oxygen atoms in total. The Morgan fingerprint density at radius 2 is 2.40 bits per heavy atom. The summed E-state index contributed by atoms with van der Waals surface area (Å²) in [6.07, 6.45) is 1.66. The van der Waals surface area contributed by atoms with Crippen LogP contribution in [0.1, 0.15) is 5.56 Å². The lowest BCUT2D eigenvalue weighted by Gasteiger charge is -1.99. The van der Waals surface area contributed by atoms with Crippen LogP contribution in [0.25, 0.3) is 0 Å². The molecule has 0 spiro atoms. The fourth-order valence-corrected chi connectivity index (χ4v) is 1.33. The number of hydrogen-bond donors (Lipinski definition) is 1. The van der Waals surface area contributed by atoms with Gasteiger partial charge in [-0.25, -0.2) is 4.98 Å². The molecule has 0 aliphatic rings. The molecule has 0 atom stereocenters. The van der Waals surface area contributed by atoms with Gasteiger partial charge in [-0.3, -0.25) is 0 Å². The molecule has 54 valence electrons. The number of halogens is 2. The Balaban J connectivity index is 3.14. The topological polar surface area (TPSA) is 38.9 Å². The highest BCUT2D eigenvalue weighted by Gasteiger charge is 2.01. The van der Waals surface area contributed by atoms with Gasteiger partial charge in [-0.05, 0) is 34.2 Å². The third-order valence-corrected chi connectivity index (χ3v) is 2.96. The highest BCUT2D eigenvalue weighted by Crippen LogP contribution is 2.18. The average molecular weight is 268 g/mol. The largest absolute Gasteiger partial charge is 0.326 e. The van der Waals surface area contributed by atoms with Crippen molar-refractivity contribution in [3.63, 3.8) is 0 Å². The standard InChI is InChI=1S/C6H6ClIN2/c7-6-5(8)4(3-9)1-2-10-6/h1-2H,3,9H2. The second-order valence-electron chi connectivity index (χ2n) is 1.78. The van der Waals surface area contributed by atoms with Crippen molar-refractivity contribution in [3.05, 3.63) is 26.5 Å². The first kappa shape index (κ1) is 8.23. The Hall–Kier alpha value is 0.130. The van der Waals surface area contributed by atoms with Crippen molar-refractivity contribution < 1.29 is 0 Å². The van der Waals surface area contributed by atoms with Gasteiger partial charge in [-0.15, -0.1) is 0 Å². The minimum Gasteiger partial charge on any atom is -0.326 e. The fourth-order valence-electron chi connectivity index (χ4n) is 0.613. The van der Waals surface area contributed by atoms with Crippen LogP contribution in [-0.4, -0.2) is 4.98 Å². The van der Waals surface area contributed by atoms with Crippen molar-refractivity contribution in [2.45, 2.75) is 6.54 Å². The Morgan fingerprint density at radius 3 is 2.90 bits per heavy atom. The van der Waals surface area contributed by atoms with Gasteiger partial charge in [0, 0.05) is 12.7 Å². The molecule has 1 rings (SSSR count). The third kappa shape index (κ3) is 1.59. The zero-order valence-electron chi connectivity index (χ0n) is 5.14. The van der Waals surface area contributed by atoms with E-state index in [-0.39, 0.29) is 0 Å².